The Morgan fingerprint density at radius 3 is 2.39 bits per heavy atom. The lowest BCUT2D eigenvalue weighted by Gasteiger charge is -2.13. The van der Waals surface area contributed by atoms with Crippen molar-refractivity contribution < 1.29 is 9.59 Å². The lowest BCUT2D eigenvalue weighted by atomic mass is 10.1. The molecule has 10 heteroatoms. The number of rotatable bonds is 6. The minimum atomic E-state index is -0.205. The standard InChI is InChI=1S/C23H28N6O3S/c1-28-21(32)17-11-10-14(20(31)25-16-8-4-5-9-16)12-18(17)29-22(28)26-27-23(29)33-13-19(30)24-15-6-2-3-7-15/h10-12,15-16H,2-9,13H2,1H3,(H,24,30)(H,25,31). The topological polar surface area (TPSA) is 110 Å². The summed E-state index contributed by atoms with van der Waals surface area (Å²) in [7, 11) is 1.65. The molecule has 2 fully saturated rings. The molecular formula is C23H28N6O3S. The number of amides is 2. The van der Waals surface area contributed by atoms with E-state index >= 15 is 0 Å². The molecule has 174 valence electrons. The van der Waals surface area contributed by atoms with Gasteiger partial charge in [0.15, 0.2) is 5.16 Å². The number of thioether (sulfide) groups is 1. The van der Waals surface area contributed by atoms with Crippen molar-refractivity contribution in [3.63, 3.8) is 0 Å². The summed E-state index contributed by atoms with van der Waals surface area (Å²) in [5, 5.41) is 15.6. The van der Waals surface area contributed by atoms with Crippen LogP contribution in [-0.4, -0.2) is 48.8 Å². The van der Waals surface area contributed by atoms with Gasteiger partial charge in [-0.05, 0) is 43.9 Å². The number of fused-ring (bicyclic) bond motifs is 3. The smallest absolute Gasteiger partial charge is 0.262 e. The van der Waals surface area contributed by atoms with E-state index in [1.807, 2.05) is 0 Å². The Hall–Kier alpha value is -2.88. The van der Waals surface area contributed by atoms with E-state index in [4.69, 9.17) is 0 Å². The highest BCUT2D eigenvalue weighted by molar-refractivity contribution is 7.99. The summed E-state index contributed by atoms with van der Waals surface area (Å²) in [5.41, 5.74) is 0.853. The molecule has 0 bridgehead atoms. The molecule has 2 aliphatic carbocycles. The molecule has 2 N–H and O–H groups in total. The van der Waals surface area contributed by atoms with E-state index in [-0.39, 0.29) is 35.2 Å². The van der Waals surface area contributed by atoms with Crippen LogP contribution in [0.2, 0.25) is 0 Å². The molecule has 3 aromatic rings. The minimum Gasteiger partial charge on any atom is -0.353 e. The van der Waals surface area contributed by atoms with Crippen LogP contribution < -0.4 is 16.2 Å². The van der Waals surface area contributed by atoms with Gasteiger partial charge in [0.25, 0.3) is 11.5 Å². The maximum absolute atomic E-state index is 12.9. The highest BCUT2D eigenvalue weighted by Crippen LogP contribution is 2.24. The molecule has 9 nitrogen and oxygen atoms in total. The van der Waals surface area contributed by atoms with E-state index in [9.17, 15) is 14.4 Å². The Bertz CT molecular complexity index is 1270. The van der Waals surface area contributed by atoms with E-state index in [1.165, 1.54) is 16.3 Å². The molecule has 0 saturated heterocycles. The van der Waals surface area contributed by atoms with Crippen LogP contribution in [0, 0.1) is 0 Å². The Morgan fingerprint density at radius 1 is 1.03 bits per heavy atom. The van der Waals surface area contributed by atoms with Crippen LogP contribution in [0.1, 0.15) is 61.7 Å². The molecule has 0 unspecified atom stereocenters. The van der Waals surface area contributed by atoms with Crippen LogP contribution in [-0.2, 0) is 11.8 Å². The number of hydrogen-bond acceptors (Lipinski definition) is 6. The van der Waals surface area contributed by atoms with Gasteiger partial charge in [-0.2, -0.15) is 0 Å². The molecule has 33 heavy (non-hydrogen) atoms. The molecule has 0 spiro atoms. The van der Waals surface area contributed by atoms with Gasteiger partial charge in [0.05, 0.1) is 16.7 Å². The number of benzene rings is 1. The fourth-order valence-electron chi connectivity index (χ4n) is 4.90. The fourth-order valence-corrected chi connectivity index (χ4v) is 5.65. The van der Waals surface area contributed by atoms with E-state index in [0.29, 0.717) is 27.4 Å². The van der Waals surface area contributed by atoms with Gasteiger partial charge in [-0.1, -0.05) is 37.4 Å². The van der Waals surface area contributed by atoms with Crippen molar-refractivity contribution in [3.8, 4) is 0 Å². The SMILES string of the molecule is Cn1c(=O)c2ccc(C(=O)NC3CCCC3)cc2n2c(SCC(=O)NC3CCCC3)nnc12. The second-order valence-corrected chi connectivity index (χ2v) is 9.95. The molecule has 2 amide bonds. The predicted molar refractivity (Wildman–Crippen MR) is 127 cm³/mol. The molecule has 2 saturated carbocycles. The number of aryl methyl sites for hydroxylation is 1. The second-order valence-electron chi connectivity index (χ2n) is 9.01. The largest absolute Gasteiger partial charge is 0.353 e. The van der Waals surface area contributed by atoms with E-state index in [1.54, 1.807) is 29.6 Å². The molecule has 2 aromatic heterocycles. The molecular weight excluding hydrogens is 440 g/mol. The average molecular weight is 469 g/mol. The molecule has 0 radical (unpaired) electrons. The van der Waals surface area contributed by atoms with Gasteiger partial charge in [-0.3, -0.25) is 23.4 Å². The van der Waals surface area contributed by atoms with Gasteiger partial charge in [0.2, 0.25) is 11.7 Å². The molecule has 2 aliphatic rings. The third kappa shape index (κ3) is 4.36. The lowest BCUT2D eigenvalue weighted by Crippen LogP contribution is -2.33. The predicted octanol–water partition coefficient (Wildman–Crippen LogP) is 2.40. The van der Waals surface area contributed by atoms with E-state index < -0.39 is 0 Å². The number of hydrogen-bond donors (Lipinski definition) is 2. The zero-order chi connectivity index (χ0) is 22.9. The van der Waals surface area contributed by atoms with Crippen LogP contribution in [0.25, 0.3) is 16.7 Å². The van der Waals surface area contributed by atoms with Crippen LogP contribution in [0.3, 0.4) is 0 Å². The zero-order valence-corrected chi connectivity index (χ0v) is 19.5. The number of carbonyl (C=O) groups excluding carboxylic acids is 2. The first-order valence-corrected chi connectivity index (χ1v) is 12.6. The maximum Gasteiger partial charge on any atom is 0.262 e. The van der Waals surface area contributed by atoms with E-state index in [2.05, 4.69) is 20.8 Å². The van der Waals surface area contributed by atoms with Crippen molar-refractivity contribution >= 4 is 40.3 Å². The summed E-state index contributed by atoms with van der Waals surface area (Å²) in [6.07, 6.45) is 8.64. The summed E-state index contributed by atoms with van der Waals surface area (Å²) < 4.78 is 3.20. The normalized spacial score (nSPS) is 17.2. The van der Waals surface area contributed by atoms with Crippen molar-refractivity contribution in [1.82, 2.24) is 29.8 Å². The molecule has 1 aromatic carbocycles. The van der Waals surface area contributed by atoms with Gasteiger partial charge < -0.3 is 10.6 Å². The number of carbonyl (C=O) groups is 2. The first-order valence-electron chi connectivity index (χ1n) is 11.6. The third-order valence-electron chi connectivity index (χ3n) is 6.70. The number of nitrogens with zero attached hydrogens (tertiary/aromatic N) is 4. The monoisotopic (exact) mass is 468 g/mol. The summed E-state index contributed by atoms with van der Waals surface area (Å²) in [4.78, 5) is 38.1. The van der Waals surface area contributed by atoms with Crippen LogP contribution >= 0.6 is 11.8 Å². The summed E-state index contributed by atoms with van der Waals surface area (Å²) in [6.45, 7) is 0. The molecule has 0 atom stereocenters. The Kier molecular flexibility index (Phi) is 6.09. The Morgan fingerprint density at radius 2 is 1.70 bits per heavy atom. The minimum absolute atomic E-state index is 0.0330. The van der Waals surface area contributed by atoms with Crippen LogP contribution in [0.4, 0.5) is 0 Å². The maximum atomic E-state index is 12.9. The number of aromatic nitrogens is 4. The first-order chi connectivity index (χ1) is 16.0. The lowest BCUT2D eigenvalue weighted by molar-refractivity contribution is -0.119. The van der Waals surface area contributed by atoms with Crippen molar-refractivity contribution in [2.75, 3.05) is 5.75 Å². The van der Waals surface area contributed by atoms with Gasteiger partial charge >= 0.3 is 0 Å². The third-order valence-corrected chi connectivity index (χ3v) is 7.62. The Balaban J connectivity index is 1.46. The van der Waals surface area contributed by atoms with Crippen LogP contribution in [0.15, 0.2) is 28.2 Å². The highest BCUT2D eigenvalue weighted by atomic mass is 32.2. The summed E-state index contributed by atoms with van der Waals surface area (Å²) >= 11 is 1.28. The zero-order valence-electron chi connectivity index (χ0n) is 18.7. The average Bonchev–Trinajstić information content (AvgIpc) is 3.58. The van der Waals surface area contributed by atoms with E-state index in [0.717, 1.165) is 51.4 Å². The molecule has 5 rings (SSSR count). The molecule has 0 aliphatic heterocycles. The molecule has 2 heterocycles. The van der Waals surface area contributed by atoms with Crippen molar-refractivity contribution in [2.24, 2.45) is 7.05 Å². The first kappa shape index (κ1) is 21.9. The highest BCUT2D eigenvalue weighted by Gasteiger charge is 2.21. The van der Waals surface area contributed by atoms with Crippen molar-refractivity contribution in [1.29, 1.82) is 0 Å². The second kappa shape index (κ2) is 9.17. The van der Waals surface area contributed by atoms with Crippen molar-refractivity contribution in [3.05, 3.63) is 34.1 Å². The van der Waals surface area contributed by atoms with Gasteiger partial charge in [-0.25, -0.2) is 0 Å². The van der Waals surface area contributed by atoms with Gasteiger partial charge in [-0.15, -0.1) is 10.2 Å². The Labute approximate surface area is 195 Å². The quantitative estimate of drug-likeness (QED) is 0.538. The van der Waals surface area contributed by atoms with Crippen LogP contribution in [0.5, 0.6) is 0 Å². The number of nitrogens with one attached hydrogen (secondary N) is 2. The van der Waals surface area contributed by atoms with Gasteiger partial charge in [0, 0.05) is 24.7 Å². The van der Waals surface area contributed by atoms with Crippen molar-refractivity contribution in [2.45, 2.75) is 68.6 Å². The van der Waals surface area contributed by atoms with Gasteiger partial charge in [0.1, 0.15) is 0 Å². The summed E-state index contributed by atoms with van der Waals surface area (Å²) in [6, 6.07) is 5.56. The fraction of sp³-hybridized carbons (Fsp3) is 0.522. The summed E-state index contributed by atoms with van der Waals surface area (Å²) in [5.74, 6) is 0.411.